The average molecular weight is 335 g/mol. The average Bonchev–Trinajstić information content (AvgIpc) is 2.54. The molecule has 0 bridgehead atoms. The lowest BCUT2D eigenvalue weighted by atomic mass is 10.2. The molecule has 0 aliphatic heterocycles. The van der Waals surface area contributed by atoms with Crippen molar-refractivity contribution in [3.8, 4) is 11.5 Å². The molecule has 0 spiro atoms. The van der Waals surface area contributed by atoms with Crippen molar-refractivity contribution in [1.82, 2.24) is 0 Å². The first kappa shape index (κ1) is 16.6. The van der Waals surface area contributed by atoms with Gasteiger partial charge in [0.25, 0.3) is 5.91 Å². The molecule has 1 N–H and O–H groups in total. The minimum Gasteiger partial charge on any atom is -0.545 e. The van der Waals surface area contributed by atoms with E-state index in [1.165, 1.54) is 25.3 Å². The maximum atomic E-state index is 11.9. The van der Waals surface area contributed by atoms with Gasteiger partial charge in [0.2, 0.25) is 0 Å². The number of methoxy groups -OCH3 is 1. The van der Waals surface area contributed by atoms with Gasteiger partial charge in [-0.15, -0.1) is 0 Å². The number of aromatic carboxylic acids is 1. The molecule has 0 aliphatic rings. The molecule has 0 saturated heterocycles. The lowest BCUT2D eigenvalue weighted by Crippen LogP contribution is -2.25. The number of carboxylic acid groups (broad SMARTS) is 1. The van der Waals surface area contributed by atoms with Crippen molar-refractivity contribution in [1.29, 1.82) is 0 Å². The summed E-state index contributed by atoms with van der Waals surface area (Å²) >= 11 is 5.84. The number of ether oxygens (including phenoxy) is 2. The highest BCUT2D eigenvalue weighted by Crippen LogP contribution is 2.27. The van der Waals surface area contributed by atoms with Gasteiger partial charge in [0, 0.05) is 16.7 Å². The van der Waals surface area contributed by atoms with Crippen molar-refractivity contribution in [3.05, 3.63) is 53.1 Å². The SMILES string of the molecule is COc1cc(Cl)ccc1NC(=O)COc1ccccc1C(=O)[O-]. The van der Waals surface area contributed by atoms with E-state index in [9.17, 15) is 14.7 Å². The second-order valence-electron chi connectivity index (χ2n) is 4.47. The van der Waals surface area contributed by atoms with Gasteiger partial charge in [0.05, 0.1) is 18.8 Å². The fourth-order valence-corrected chi connectivity index (χ4v) is 2.02. The van der Waals surface area contributed by atoms with Crippen LogP contribution < -0.4 is 19.9 Å². The fourth-order valence-electron chi connectivity index (χ4n) is 1.86. The Morgan fingerprint density at radius 2 is 1.91 bits per heavy atom. The molecule has 0 heterocycles. The van der Waals surface area contributed by atoms with E-state index < -0.39 is 11.9 Å². The summed E-state index contributed by atoms with van der Waals surface area (Å²) in [4.78, 5) is 22.9. The molecular formula is C16H13ClNO5-. The summed E-state index contributed by atoms with van der Waals surface area (Å²) in [5.41, 5.74) is 0.308. The van der Waals surface area contributed by atoms with Crippen LogP contribution >= 0.6 is 11.6 Å². The summed E-state index contributed by atoms with van der Waals surface area (Å²) in [6.45, 7) is -0.365. The molecule has 0 aromatic heterocycles. The number of benzene rings is 2. The van der Waals surface area contributed by atoms with E-state index in [2.05, 4.69) is 5.32 Å². The van der Waals surface area contributed by atoms with Crippen LogP contribution in [0.5, 0.6) is 11.5 Å². The van der Waals surface area contributed by atoms with E-state index in [1.807, 2.05) is 0 Å². The zero-order valence-electron chi connectivity index (χ0n) is 12.2. The molecule has 23 heavy (non-hydrogen) atoms. The van der Waals surface area contributed by atoms with Crippen LogP contribution in [0.25, 0.3) is 0 Å². The van der Waals surface area contributed by atoms with Crippen molar-refractivity contribution < 1.29 is 24.2 Å². The lowest BCUT2D eigenvalue weighted by Gasteiger charge is -2.13. The van der Waals surface area contributed by atoms with Gasteiger partial charge in [-0.25, -0.2) is 0 Å². The molecule has 2 aromatic carbocycles. The van der Waals surface area contributed by atoms with Crippen LogP contribution in [0.1, 0.15) is 10.4 Å². The van der Waals surface area contributed by atoms with E-state index in [0.717, 1.165) is 0 Å². The van der Waals surface area contributed by atoms with E-state index in [1.54, 1.807) is 24.3 Å². The van der Waals surface area contributed by atoms with Gasteiger partial charge >= 0.3 is 0 Å². The topological polar surface area (TPSA) is 87.7 Å². The molecule has 7 heteroatoms. The third-order valence-electron chi connectivity index (χ3n) is 2.90. The van der Waals surface area contributed by atoms with E-state index in [-0.39, 0.29) is 17.9 Å². The number of halogens is 1. The van der Waals surface area contributed by atoms with Gasteiger partial charge in [-0.3, -0.25) is 4.79 Å². The number of para-hydroxylation sites is 1. The van der Waals surface area contributed by atoms with Crippen LogP contribution in [0.15, 0.2) is 42.5 Å². The van der Waals surface area contributed by atoms with Crippen molar-refractivity contribution in [2.45, 2.75) is 0 Å². The Balaban J connectivity index is 2.03. The Bertz CT molecular complexity index is 732. The maximum Gasteiger partial charge on any atom is 0.262 e. The third kappa shape index (κ3) is 4.37. The first-order valence-corrected chi connectivity index (χ1v) is 6.95. The van der Waals surface area contributed by atoms with Gasteiger partial charge in [-0.1, -0.05) is 23.7 Å². The molecule has 0 unspecified atom stereocenters. The largest absolute Gasteiger partial charge is 0.545 e. The predicted molar refractivity (Wildman–Crippen MR) is 82.9 cm³/mol. The number of nitrogens with one attached hydrogen (secondary N) is 1. The number of anilines is 1. The van der Waals surface area contributed by atoms with Gasteiger partial charge in [0.15, 0.2) is 6.61 Å². The molecular weight excluding hydrogens is 322 g/mol. The molecule has 2 rings (SSSR count). The predicted octanol–water partition coefficient (Wildman–Crippen LogP) is 1.73. The number of carbonyl (C=O) groups is 2. The molecule has 1 amide bonds. The highest BCUT2D eigenvalue weighted by Gasteiger charge is 2.10. The summed E-state index contributed by atoms with van der Waals surface area (Å²) in [7, 11) is 1.45. The quantitative estimate of drug-likeness (QED) is 0.869. The highest BCUT2D eigenvalue weighted by molar-refractivity contribution is 6.30. The third-order valence-corrected chi connectivity index (χ3v) is 3.14. The second-order valence-corrected chi connectivity index (χ2v) is 4.90. The Morgan fingerprint density at radius 1 is 1.17 bits per heavy atom. The number of rotatable bonds is 6. The van der Waals surface area contributed by atoms with E-state index in [4.69, 9.17) is 21.1 Å². The molecule has 0 aliphatic carbocycles. The van der Waals surface area contributed by atoms with E-state index >= 15 is 0 Å². The first-order chi connectivity index (χ1) is 11.0. The number of hydrogen-bond donors (Lipinski definition) is 1. The molecule has 0 radical (unpaired) electrons. The fraction of sp³-hybridized carbons (Fsp3) is 0.125. The van der Waals surface area contributed by atoms with Crippen LogP contribution in [0.4, 0.5) is 5.69 Å². The number of carbonyl (C=O) groups excluding carboxylic acids is 2. The minimum absolute atomic E-state index is 0.0609. The number of hydrogen-bond acceptors (Lipinski definition) is 5. The molecule has 0 fully saturated rings. The molecule has 0 saturated carbocycles. The van der Waals surface area contributed by atoms with Crippen LogP contribution in [0.2, 0.25) is 5.02 Å². The Morgan fingerprint density at radius 3 is 2.61 bits per heavy atom. The van der Waals surface area contributed by atoms with Gasteiger partial charge in [-0.2, -0.15) is 0 Å². The Kier molecular flexibility index (Phi) is 5.43. The van der Waals surface area contributed by atoms with Crippen molar-refractivity contribution in [2.24, 2.45) is 0 Å². The molecule has 0 atom stereocenters. The summed E-state index contributed by atoms with van der Waals surface area (Å²) in [5.74, 6) is -1.38. The van der Waals surface area contributed by atoms with Crippen LogP contribution in [0, 0.1) is 0 Å². The van der Waals surface area contributed by atoms with Crippen LogP contribution in [-0.2, 0) is 4.79 Å². The summed E-state index contributed by atoms with van der Waals surface area (Å²) < 4.78 is 10.3. The smallest absolute Gasteiger partial charge is 0.262 e. The van der Waals surface area contributed by atoms with E-state index in [0.29, 0.717) is 16.5 Å². The summed E-state index contributed by atoms with van der Waals surface area (Å²) in [6, 6.07) is 10.7. The van der Waals surface area contributed by atoms with Crippen molar-refractivity contribution in [3.63, 3.8) is 0 Å². The number of amides is 1. The Labute approximate surface area is 137 Å². The van der Waals surface area contributed by atoms with Gasteiger partial charge in [-0.05, 0) is 24.3 Å². The summed E-state index contributed by atoms with van der Waals surface area (Å²) in [5, 5.41) is 14.0. The zero-order chi connectivity index (χ0) is 16.8. The summed E-state index contributed by atoms with van der Waals surface area (Å²) in [6.07, 6.45) is 0. The number of carboxylic acids is 1. The van der Waals surface area contributed by atoms with Gasteiger partial charge < -0.3 is 24.7 Å². The zero-order valence-corrected chi connectivity index (χ0v) is 12.9. The maximum absolute atomic E-state index is 11.9. The lowest BCUT2D eigenvalue weighted by molar-refractivity contribution is -0.255. The molecule has 6 nitrogen and oxygen atoms in total. The van der Waals surface area contributed by atoms with Crippen molar-refractivity contribution >= 4 is 29.2 Å². The second kappa shape index (κ2) is 7.51. The van der Waals surface area contributed by atoms with Gasteiger partial charge in [0.1, 0.15) is 11.5 Å². The highest BCUT2D eigenvalue weighted by atomic mass is 35.5. The van der Waals surface area contributed by atoms with Crippen molar-refractivity contribution in [2.75, 3.05) is 19.0 Å². The standard InChI is InChI=1S/C16H14ClNO5/c1-22-14-8-10(17)6-7-12(14)18-15(19)9-23-13-5-3-2-4-11(13)16(20)21/h2-8H,9H2,1H3,(H,18,19)(H,20,21)/p-1. The Hall–Kier alpha value is -2.73. The van der Waals surface area contributed by atoms with Crippen LogP contribution in [-0.4, -0.2) is 25.6 Å². The van der Waals surface area contributed by atoms with Crippen LogP contribution in [0.3, 0.4) is 0 Å². The first-order valence-electron chi connectivity index (χ1n) is 6.58. The normalized spacial score (nSPS) is 10.0. The molecule has 2 aromatic rings. The minimum atomic E-state index is -1.37. The monoisotopic (exact) mass is 334 g/mol. The molecule has 120 valence electrons.